The van der Waals surface area contributed by atoms with E-state index in [2.05, 4.69) is 10.6 Å². The molecule has 0 unspecified atom stereocenters. The predicted molar refractivity (Wildman–Crippen MR) is 104 cm³/mol. The van der Waals surface area contributed by atoms with E-state index in [0.29, 0.717) is 23.2 Å². The van der Waals surface area contributed by atoms with Crippen LogP contribution in [0, 0.1) is 5.82 Å². The minimum atomic E-state index is -0.564. The van der Waals surface area contributed by atoms with Crippen molar-refractivity contribution in [2.75, 3.05) is 17.3 Å². The van der Waals surface area contributed by atoms with Crippen molar-refractivity contribution in [2.24, 2.45) is 5.73 Å². The van der Waals surface area contributed by atoms with Crippen LogP contribution in [0.4, 0.5) is 10.1 Å². The monoisotopic (exact) mass is 375 g/mol. The molecule has 0 saturated heterocycles. The van der Waals surface area contributed by atoms with Crippen molar-refractivity contribution in [2.45, 2.75) is 19.0 Å². The summed E-state index contributed by atoms with van der Waals surface area (Å²) in [6.07, 6.45) is 2.56. The van der Waals surface area contributed by atoms with Gasteiger partial charge in [-0.3, -0.25) is 9.59 Å². The molecule has 26 heavy (non-hydrogen) atoms. The Labute approximate surface area is 156 Å². The van der Waals surface area contributed by atoms with Crippen LogP contribution in [0.3, 0.4) is 0 Å². The van der Waals surface area contributed by atoms with E-state index in [-0.39, 0.29) is 24.2 Å². The summed E-state index contributed by atoms with van der Waals surface area (Å²) in [5.74, 6) is -0.113. The number of carbonyl (C=O) groups excluding carboxylic acids is 2. The fraction of sp³-hybridized carbons (Fsp3) is 0.263. The number of rotatable bonds is 8. The maximum Gasteiger partial charge on any atom is 0.251 e. The highest BCUT2D eigenvalue weighted by Gasteiger charge is 2.13. The number of nitrogens with two attached hydrogens (primary N) is 1. The Morgan fingerprint density at radius 2 is 1.85 bits per heavy atom. The van der Waals surface area contributed by atoms with E-state index in [1.807, 2.05) is 6.26 Å². The molecule has 0 heterocycles. The van der Waals surface area contributed by atoms with Gasteiger partial charge in [0.25, 0.3) is 5.91 Å². The lowest BCUT2D eigenvalue weighted by Crippen LogP contribution is -2.36. The molecule has 2 rings (SSSR count). The molecule has 0 aliphatic heterocycles. The maximum absolute atomic E-state index is 13.6. The van der Waals surface area contributed by atoms with Crippen LogP contribution >= 0.6 is 11.8 Å². The molecule has 0 bridgehead atoms. The standard InChI is InChI=1S/C19H22FN3O2S/c1-26-11-10-17(21)19(25)23-15-8-6-13(7-9-15)18(24)22-12-14-4-2-3-5-16(14)20/h2-9,17H,10-12,21H2,1H3,(H,22,24)(H,23,25)/t17-/m0/s1. The average molecular weight is 375 g/mol. The zero-order valence-electron chi connectivity index (χ0n) is 14.5. The minimum absolute atomic E-state index is 0.105. The van der Waals surface area contributed by atoms with Crippen molar-refractivity contribution in [1.29, 1.82) is 0 Å². The lowest BCUT2D eigenvalue weighted by Gasteiger charge is -2.12. The van der Waals surface area contributed by atoms with Gasteiger partial charge in [-0.15, -0.1) is 0 Å². The Hall–Kier alpha value is -2.38. The first-order chi connectivity index (χ1) is 12.5. The van der Waals surface area contributed by atoms with E-state index in [9.17, 15) is 14.0 Å². The highest BCUT2D eigenvalue weighted by molar-refractivity contribution is 7.98. The molecule has 138 valence electrons. The Balaban J connectivity index is 1.89. The molecule has 0 spiro atoms. The smallest absolute Gasteiger partial charge is 0.251 e. The quantitative estimate of drug-likeness (QED) is 0.662. The summed E-state index contributed by atoms with van der Waals surface area (Å²) in [7, 11) is 0. The molecule has 2 aromatic carbocycles. The SMILES string of the molecule is CSCC[C@H](N)C(=O)Nc1ccc(C(=O)NCc2ccccc2F)cc1. The maximum atomic E-state index is 13.6. The Kier molecular flexibility index (Phi) is 7.62. The number of nitrogens with one attached hydrogen (secondary N) is 2. The number of benzene rings is 2. The van der Waals surface area contributed by atoms with E-state index >= 15 is 0 Å². The highest BCUT2D eigenvalue weighted by atomic mass is 32.2. The van der Waals surface area contributed by atoms with E-state index in [1.54, 1.807) is 54.2 Å². The number of amides is 2. The van der Waals surface area contributed by atoms with Crippen LogP contribution in [0.2, 0.25) is 0 Å². The lowest BCUT2D eigenvalue weighted by atomic mass is 10.1. The molecule has 1 atom stereocenters. The average Bonchev–Trinajstić information content (AvgIpc) is 2.65. The van der Waals surface area contributed by atoms with Crippen LogP contribution in [0.25, 0.3) is 0 Å². The summed E-state index contributed by atoms with van der Waals surface area (Å²) in [5.41, 5.74) is 7.23. The number of halogens is 1. The molecule has 2 aromatic rings. The summed E-state index contributed by atoms with van der Waals surface area (Å²) < 4.78 is 13.6. The zero-order chi connectivity index (χ0) is 18.9. The van der Waals surface area contributed by atoms with Crippen LogP contribution in [-0.4, -0.2) is 29.9 Å². The van der Waals surface area contributed by atoms with E-state index < -0.39 is 6.04 Å². The zero-order valence-corrected chi connectivity index (χ0v) is 15.3. The summed E-state index contributed by atoms with van der Waals surface area (Å²) in [6.45, 7) is 0.105. The molecule has 0 radical (unpaired) electrons. The van der Waals surface area contributed by atoms with Crippen molar-refractivity contribution in [3.05, 3.63) is 65.5 Å². The molecule has 4 N–H and O–H groups in total. The summed E-state index contributed by atoms with van der Waals surface area (Å²) >= 11 is 1.63. The van der Waals surface area contributed by atoms with Gasteiger partial charge in [0.1, 0.15) is 5.82 Å². The molecule has 0 saturated carbocycles. The van der Waals surface area contributed by atoms with Crippen molar-refractivity contribution in [3.8, 4) is 0 Å². The number of thioether (sulfide) groups is 1. The highest BCUT2D eigenvalue weighted by Crippen LogP contribution is 2.11. The third-order valence-electron chi connectivity index (χ3n) is 3.78. The molecule has 0 aliphatic carbocycles. The van der Waals surface area contributed by atoms with Crippen molar-refractivity contribution < 1.29 is 14.0 Å². The molecule has 5 nitrogen and oxygen atoms in total. The first-order valence-electron chi connectivity index (χ1n) is 8.18. The van der Waals surface area contributed by atoms with Gasteiger partial charge < -0.3 is 16.4 Å². The number of hydrogen-bond donors (Lipinski definition) is 3. The fourth-order valence-electron chi connectivity index (χ4n) is 2.24. The van der Waals surface area contributed by atoms with Gasteiger partial charge in [0.15, 0.2) is 0 Å². The summed E-state index contributed by atoms with van der Waals surface area (Å²) in [6, 6.07) is 12.2. The first kappa shape index (κ1) is 19.9. The van der Waals surface area contributed by atoms with Crippen molar-refractivity contribution in [3.63, 3.8) is 0 Å². The van der Waals surface area contributed by atoms with Crippen LogP contribution < -0.4 is 16.4 Å². The minimum Gasteiger partial charge on any atom is -0.348 e. The molecular weight excluding hydrogens is 353 g/mol. The number of hydrogen-bond acceptors (Lipinski definition) is 4. The Morgan fingerprint density at radius 3 is 2.50 bits per heavy atom. The second-order valence-electron chi connectivity index (χ2n) is 5.73. The molecule has 0 aromatic heterocycles. The van der Waals surface area contributed by atoms with Crippen LogP contribution in [-0.2, 0) is 11.3 Å². The van der Waals surface area contributed by atoms with Gasteiger partial charge in [0.05, 0.1) is 6.04 Å². The van der Waals surface area contributed by atoms with E-state index in [1.165, 1.54) is 6.07 Å². The van der Waals surface area contributed by atoms with E-state index in [0.717, 1.165) is 5.75 Å². The molecule has 2 amide bonds. The van der Waals surface area contributed by atoms with Gasteiger partial charge in [0, 0.05) is 23.4 Å². The molecule has 0 fully saturated rings. The normalized spacial score (nSPS) is 11.7. The van der Waals surface area contributed by atoms with Crippen LogP contribution in [0.1, 0.15) is 22.3 Å². The molecular formula is C19H22FN3O2S. The van der Waals surface area contributed by atoms with Gasteiger partial charge in [-0.05, 0) is 48.8 Å². The topological polar surface area (TPSA) is 84.2 Å². The first-order valence-corrected chi connectivity index (χ1v) is 9.57. The van der Waals surface area contributed by atoms with Crippen molar-refractivity contribution in [1.82, 2.24) is 5.32 Å². The number of carbonyl (C=O) groups is 2. The van der Waals surface area contributed by atoms with Gasteiger partial charge in [-0.25, -0.2) is 4.39 Å². The van der Waals surface area contributed by atoms with Crippen LogP contribution in [0.15, 0.2) is 48.5 Å². The van der Waals surface area contributed by atoms with Crippen molar-refractivity contribution >= 4 is 29.3 Å². The van der Waals surface area contributed by atoms with Gasteiger partial charge in [-0.1, -0.05) is 18.2 Å². The summed E-state index contributed by atoms with van der Waals surface area (Å²) in [5, 5.41) is 5.40. The lowest BCUT2D eigenvalue weighted by molar-refractivity contribution is -0.117. The van der Waals surface area contributed by atoms with Gasteiger partial charge in [0.2, 0.25) is 5.91 Å². The van der Waals surface area contributed by atoms with E-state index in [4.69, 9.17) is 5.73 Å². The fourth-order valence-corrected chi connectivity index (χ4v) is 2.72. The Bertz CT molecular complexity index is 753. The Morgan fingerprint density at radius 1 is 1.15 bits per heavy atom. The third kappa shape index (κ3) is 5.86. The molecule has 0 aliphatic rings. The second-order valence-corrected chi connectivity index (χ2v) is 6.71. The van der Waals surface area contributed by atoms with Crippen LogP contribution in [0.5, 0.6) is 0 Å². The predicted octanol–water partition coefficient (Wildman–Crippen LogP) is 2.77. The van der Waals surface area contributed by atoms with Gasteiger partial charge >= 0.3 is 0 Å². The largest absolute Gasteiger partial charge is 0.348 e. The number of anilines is 1. The molecule has 7 heteroatoms. The second kappa shape index (κ2) is 9.94. The van der Waals surface area contributed by atoms with Gasteiger partial charge in [-0.2, -0.15) is 11.8 Å². The summed E-state index contributed by atoms with van der Waals surface area (Å²) in [4.78, 5) is 24.1. The third-order valence-corrected chi connectivity index (χ3v) is 4.43.